The topological polar surface area (TPSA) is 49.8 Å². The van der Waals surface area contributed by atoms with E-state index in [1.54, 1.807) is 0 Å². The Morgan fingerprint density at radius 2 is 2.09 bits per heavy atom. The lowest BCUT2D eigenvalue weighted by Gasteiger charge is -1.91. The summed E-state index contributed by atoms with van der Waals surface area (Å²) in [6.45, 7) is 3.36. The summed E-state index contributed by atoms with van der Waals surface area (Å²) in [5.74, 6) is 0. The van der Waals surface area contributed by atoms with Crippen LogP contribution in [-0.4, -0.2) is 0 Å². The van der Waals surface area contributed by atoms with E-state index in [1.165, 1.54) is 12.3 Å². The number of allylic oxidation sites excluding steroid dienone is 4. The molecule has 0 fully saturated rings. The first-order valence-electron chi connectivity index (χ1n) is 2.65. The molecule has 0 amide bonds. The van der Waals surface area contributed by atoms with Crippen LogP contribution in [0, 0.1) is 11.3 Å². The monoisotopic (exact) mass is 188 g/mol. The maximum absolute atomic E-state index is 8.45. The molecule has 0 rings (SSSR count). The molecule has 0 unspecified atom stereocenters. The quantitative estimate of drug-likeness (QED) is 0.534. The average molecular weight is 189 g/mol. The molecule has 2 N–H and O–H groups in total. The summed E-state index contributed by atoms with van der Waals surface area (Å²) in [6, 6.07) is 1.82. The van der Waals surface area contributed by atoms with Crippen LogP contribution >= 0.6 is 23.2 Å². The molecule has 0 aromatic heterocycles. The van der Waals surface area contributed by atoms with E-state index in [0.29, 0.717) is 0 Å². The van der Waals surface area contributed by atoms with E-state index < -0.39 is 0 Å². The fraction of sp³-hybridized carbons (Fsp3) is 0. The molecule has 0 aliphatic heterocycles. The summed E-state index contributed by atoms with van der Waals surface area (Å²) < 4.78 is 0. The van der Waals surface area contributed by atoms with Crippen molar-refractivity contribution >= 4 is 23.2 Å². The molecule has 0 saturated carbocycles. The molecule has 58 valence electrons. The molecule has 0 aromatic carbocycles. The van der Waals surface area contributed by atoms with Crippen LogP contribution in [0.5, 0.6) is 0 Å². The van der Waals surface area contributed by atoms with Crippen molar-refractivity contribution in [2.75, 3.05) is 0 Å². The van der Waals surface area contributed by atoms with Gasteiger partial charge in [0.05, 0.1) is 15.6 Å². The van der Waals surface area contributed by atoms with Gasteiger partial charge in [-0.05, 0) is 6.08 Å². The fourth-order valence-electron chi connectivity index (χ4n) is 0.357. The van der Waals surface area contributed by atoms with Crippen molar-refractivity contribution < 1.29 is 0 Å². The van der Waals surface area contributed by atoms with Gasteiger partial charge in [-0.2, -0.15) is 5.26 Å². The second-order valence-electron chi connectivity index (χ2n) is 1.63. The van der Waals surface area contributed by atoms with Gasteiger partial charge in [0.2, 0.25) is 0 Å². The SMILES string of the molecule is C=C(Cl)/C(C#N)=C\C(Cl)=C/N. The molecule has 0 aliphatic rings. The number of hydrogen-bond donors (Lipinski definition) is 1. The van der Waals surface area contributed by atoms with Gasteiger partial charge in [-0.25, -0.2) is 0 Å². The van der Waals surface area contributed by atoms with Crippen molar-refractivity contribution in [3.63, 3.8) is 0 Å². The molecule has 0 saturated heterocycles. The van der Waals surface area contributed by atoms with E-state index in [4.69, 9.17) is 34.2 Å². The Morgan fingerprint density at radius 3 is 2.36 bits per heavy atom. The predicted octanol–water partition coefficient (Wildman–Crippen LogP) is 2.23. The highest BCUT2D eigenvalue weighted by Crippen LogP contribution is 2.14. The van der Waals surface area contributed by atoms with Crippen LogP contribution in [0.2, 0.25) is 0 Å². The van der Waals surface area contributed by atoms with Crippen molar-refractivity contribution in [2.24, 2.45) is 5.73 Å². The Hall–Kier alpha value is -0.910. The Bertz CT molecular complexity index is 258. The summed E-state index contributed by atoms with van der Waals surface area (Å²) in [5, 5.41) is 8.85. The second kappa shape index (κ2) is 4.84. The predicted molar refractivity (Wildman–Crippen MR) is 46.8 cm³/mol. The molecule has 4 heteroatoms. The van der Waals surface area contributed by atoms with Crippen molar-refractivity contribution in [1.82, 2.24) is 0 Å². The van der Waals surface area contributed by atoms with Crippen LogP contribution in [0.3, 0.4) is 0 Å². The molecular formula is C7H6Cl2N2. The highest BCUT2D eigenvalue weighted by molar-refractivity contribution is 6.33. The molecule has 2 nitrogen and oxygen atoms in total. The summed E-state index contributed by atoms with van der Waals surface area (Å²) in [5.41, 5.74) is 5.26. The van der Waals surface area contributed by atoms with Crippen LogP contribution in [0.15, 0.2) is 34.5 Å². The molecule has 0 atom stereocenters. The number of nitrogens with two attached hydrogens (primary N) is 1. The second-order valence-corrected chi connectivity index (χ2v) is 2.52. The lowest BCUT2D eigenvalue weighted by Crippen LogP contribution is -1.82. The number of rotatable bonds is 2. The first-order valence-corrected chi connectivity index (χ1v) is 3.41. The zero-order chi connectivity index (χ0) is 8.85. The number of nitriles is 1. The van der Waals surface area contributed by atoms with E-state index in [9.17, 15) is 0 Å². The third kappa shape index (κ3) is 3.72. The van der Waals surface area contributed by atoms with Crippen LogP contribution in [-0.2, 0) is 0 Å². The van der Waals surface area contributed by atoms with Gasteiger partial charge >= 0.3 is 0 Å². The Kier molecular flexibility index (Phi) is 4.44. The third-order valence-electron chi connectivity index (χ3n) is 0.854. The minimum absolute atomic E-state index is 0.146. The highest BCUT2D eigenvalue weighted by atomic mass is 35.5. The van der Waals surface area contributed by atoms with E-state index in [2.05, 4.69) is 6.58 Å². The van der Waals surface area contributed by atoms with E-state index in [1.807, 2.05) is 6.07 Å². The van der Waals surface area contributed by atoms with Gasteiger partial charge in [-0.3, -0.25) is 0 Å². The maximum Gasteiger partial charge on any atom is 0.101 e. The number of nitrogens with zero attached hydrogens (tertiary/aromatic N) is 1. The minimum Gasteiger partial charge on any atom is -0.403 e. The van der Waals surface area contributed by atoms with Gasteiger partial charge in [0.15, 0.2) is 0 Å². The lowest BCUT2D eigenvalue weighted by atomic mass is 10.2. The Labute approximate surface area is 75.2 Å². The third-order valence-corrected chi connectivity index (χ3v) is 1.29. The van der Waals surface area contributed by atoms with Crippen LogP contribution in [0.25, 0.3) is 0 Å². The summed E-state index contributed by atoms with van der Waals surface area (Å²) in [7, 11) is 0. The molecule has 0 bridgehead atoms. The highest BCUT2D eigenvalue weighted by Gasteiger charge is 1.97. The van der Waals surface area contributed by atoms with Crippen LogP contribution in [0.1, 0.15) is 0 Å². The van der Waals surface area contributed by atoms with E-state index in [0.717, 1.165) is 0 Å². The summed E-state index contributed by atoms with van der Waals surface area (Å²) in [4.78, 5) is 0. The van der Waals surface area contributed by atoms with Gasteiger partial charge in [0, 0.05) is 6.20 Å². The smallest absolute Gasteiger partial charge is 0.101 e. The zero-order valence-electron chi connectivity index (χ0n) is 5.64. The summed E-state index contributed by atoms with van der Waals surface area (Å²) in [6.07, 6.45) is 2.51. The van der Waals surface area contributed by atoms with Gasteiger partial charge < -0.3 is 5.73 Å². The van der Waals surface area contributed by atoms with Gasteiger partial charge in [0.25, 0.3) is 0 Å². The maximum atomic E-state index is 8.45. The van der Waals surface area contributed by atoms with Crippen molar-refractivity contribution in [3.05, 3.63) is 34.5 Å². The molecule has 0 heterocycles. The number of hydrogen-bond acceptors (Lipinski definition) is 2. The van der Waals surface area contributed by atoms with Gasteiger partial charge in [-0.1, -0.05) is 29.8 Å². The van der Waals surface area contributed by atoms with Crippen LogP contribution in [0.4, 0.5) is 0 Å². The van der Waals surface area contributed by atoms with E-state index in [-0.39, 0.29) is 15.6 Å². The normalized spacial score (nSPS) is 12.5. The largest absolute Gasteiger partial charge is 0.403 e. The standard InChI is InChI=1S/C7H6Cl2N2/c1-5(8)6(3-10)2-7(9)4-11/h2,4H,1,11H2/b6-2-,7-4+. The first-order chi connectivity index (χ1) is 5.11. The van der Waals surface area contributed by atoms with Crippen molar-refractivity contribution in [3.8, 4) is 6.07 Å². The lowest BCUT2D eigenvalue weighted by molar-refractivity contribution is 1.48. The average Bonchev–Trinajstić information content (AvgIpc) is 1.99. The zero-order valence-corrected chi connectivity index (χ0v) is 7.15. The van der Waals surface area contributed by atoms with Crippen molar-refractivity contribution in [2.45, 2.75) is 0 Å². The Morgan fingerprint density at radius 1 is 1.55 bits per heavy atom. The number of halogens is 2. The van der Waals surface area contributed by atoms with Gasteiger partial charge in [0.1, 0.15) is 6.07 Å². The molecule has 11 heavy (non-hydrogen) atoms. The molecule has 0 radical (unpaired) electrons. The van der Waals surface area contributed by atoms with Gasteiger partial charge in [-0.15, -0.1) is 0 Å². The molecule has 0 aromatic rings. The first kappa shape index (κ1) is 10.1. The summed E-state index contributed by atoms with van der Waals surface area (Å²) >= 11 is 10.9. The minimum atomic E-state index is 0.146. The molecular weight excluding hydrogens is 183 g/mol. The fourth-order valence-corrected chi connectivity index (χ4v) is 0.563. The van der Waals surface area contributed by atoms with Crippen LogP contribution < -0.4 is 5.73 Å². The Balaban J connectivity index is 4.67. The van der Waals surface area contributed by atoms with E-state index >= 15 is 0 Å². The molecule has 0 aliphatic carbocycles. The van der Waals surface area contributed by atoms with Crippen molar-refractivity contribution in [1.29, 1.82) is 5.26 Å². The molecule has 0 spiro atoms.